The average Bonchev–Trinajstić information content (AvgIpc) is 2.12. The van der Waals surface area contributed by atoms with Crippen LogP contribution < -0.4 is 5.32 Å². The Bertz CT molecular complexity index is 190. The molecule has 0 saturated carbocycles. The lowest BCUT2D eigenvalue weighted by molar-refractivity contribution is -0.130. The van der Waals surface area contributed by atoms with E-state index in [0.717, 1.165) is 11.8 Å². The number of halogens is 1. The molecular weight excluding hydrogens is 242 g/mol. The lowest BCUT2D eigenvalue weighted by Gasteiger charge is -2.27. The van der Waals surface area contributed by atoms with Gasteiger partial charge in [-0.15, -0.1) is 0 Å². The molecule has 0 aliphatic carbocycles. The normalized spacial score (nSPS) is 14.2. The van der Waals surface area contributed by atoms with Crippen molar-refractivity contribution in [1.82, 2.24) is 5.32 Å². The Kier molecular flexibility index (Phi) is 5.72. The summed E-state index contributed by atoms with van der Waals surface area (Å²) in [5, 5.41) is 3.89. The van der Waals surface area contributed by atoms with Crippen molar-refractivity contribution in [2.75, 3.05) is 5.33 Å². The van der Waals surface area contributed by atoms with Crippen LogP contribution in [0.5, 0.6) is 0 Å². The average molecular weight is 264 g/mol. The van der Waals surface area contributed by atoms with E-state index in [0.29, 0.717) is 5.92 Å². The maximum atomic E-state index is 11.8. The van der Waals surface area contributed by atoms with Crippen LogP contribution in [0.1, 0.15) is 41.0 Å². The number of carbonyl (C=O) groups is 1. The molecule has 14 heavy (non-hydrogen) atoms. The van der Waals surface area contributed by atoms with E-state index < -0.39 is 0 Å². The molecule has 0 aromatic heterocycles. The zero-order valence-electron chi connectivity index (χ0n) is 9.86. The van der Waals surface area contributed by atoms with Crippen molar-refractivity contribution in [2.24, 2.45) is 11.3 Å². The largest absolute Gasteiger partial charge is 0.352 e. The van der Waals surface area contributed by atoms with Crippen LogP contribution in [0.15, 0.2) is 0 Å². The maximum absolute atomic E-state index is 11.8. The predicted octanol–water partition coefficient (Wildman–Crippen LogP) is 2.96. The van der Waals surface area contributed by atoms with E-state index in [1.807, 2.05) is 20.8 Å². The van der Waals surface area contributed by atoms with E-state index in [9.17, 15) is 4.79 Å². The van der Waals surface area contributed by atoms with Crippen LogP contribution in [0, 0.1) is 11.3 Å². The van der Waals surface area contributed by atoms with E-state index >= 15 is 0 Å². The second-order valence-electron chi connectivity index (χ2n) is 4.72. The molecule has 0 fully saturated rings. The molecule has 2 nitrogen and oxygen atoms in total. The minimum absolute atomic E-state index is 0.151. The van der Waals surface area contributed by atoms with Gasteiger partial charge in [-0.1, -0.05) is 50.5 Å². The monoisotopic (exact) mass is 263 g/mol. The molecule has 0 heterocycles. The van der Waals surface area contributed by atoms with Crippen LogP contribution in [0.25, 0.3) is 0 Å². The summed E-state index contributed by atoms with van der Waals surface area (Å²) in [7, 11) is 0. The first kappa shape index (κ1) is 13.9. The summed E-state index contributed by atoms with van der Waals surface area (Å²) in [5.74, 6) is 0.615. The second-order valence-corrected chi connectivity index (χ2v) is 5.36. The zero-order chi connectivity index (χ0) is 11.4. The van der Waals surface area contributed by atoms with Crippen molar-refractivity contribution in [3.8, 4) is 0 Å². The van der Waals surface area contributed by atoms with Crippen molar-refractivity contribution < 1.29 is 4.79 Å². The molecule has 0 radical (unpaired) electrons. The molecular formula is C11H22BrNO. The topological polar surface area (TPSA) is 29.1 Å². The third kappa shape index (κ3) is 3.99. The molecule has 0 saturated heterocycles. The number of hydrogen-bond acceptors (Lipinski definition) is 1. The third-order valence-corrected chi connectivity index (χ3v) is 3.48. The molecule has 1 atom stereocenters. The molecule has 1 unspecified atom stereocenters. The first-order valence-corrected chi connectivity index (χ1v) is 6.34. The van der Waals surface area contributed by atoms with Crippen LogP contribution in [0.3, 0.4) is 0 Å². The van der Waals surface area contributed by atoms with Gasteiger partial charge in [0.1, 0.15) is 0 Å². The molecule has 3 heteroatoms. The Balaban J connectivity index is 4.30. The molecule has 0 aliphatic heterocycles. The van der Waals surface area contributed by atoms with Crippen molar-refractivity contribution in [2.45, 2.75) is 47.1 Å². The fourth-order valence-corrected chi connectivity index (χ4v) is 1.82. The van der Waals surface area contributed by atoms with Crippen molar-refractivity contribution in [1.29, 1.82) is 0 Å². The number of carbonyl (C=O) groups excluding carboxylic acids is 1. The molecule has 1 N–H and O–H groups in total. The van der Waals surface area contributed by atoms with Crippen LogP contribution in [-0.2, 0) is 4.79 Å². The van der Waals surface area contributed by atoms with E-state index in [2.05, 4.69) is 35.1 Å². The lowest BCUT2D eigenvalue weighted by atomic mass is 9.88. The van der Waals surface area contributed by atoms with Gasteiger partial charge < -0.3 is 5.32 Å². The number of amides is 1. The lowest BCUT2D eigenvalue weighted by Crippen LogP contribution is -2.45. The summed E-state index contributed by atoms with van der Waals surface area (Å²) in [5.41, 5.74) is -0.255. The standard InChI is InChI=1S/C11H22BrNO/c1-6-11(4,5)10(14)13-9(7-12)8(2)3/h8-9H,6-7H2,1-5H3,(H,13,14). The fourth-order valence-electron chi connectivity index (χ4n) is 0.908. The molecule has 0 aromatic rings. The SMILES string of the molecule is CCC(C)(C)C(=O)NC(CBr)C(C)C. The minimum Gasteiger partial charge on any atom is -0.352 e. The first-order valence-electron chi connectivity index (χ1n) is 5.22. The summed E-state index contributed by atoms with van der Waals surface area (Å²) in [6, 6.07) is 0.230. The summed E-state index contributed by atoms with van der Waals surface area (Å²) in [6.45, 7) is 10.2. The fraction of sp³-hybridized carbons (Fsp3) is 0.909. The van der Waals surface area contributed by atoms with Gasteiger partial charge in [0.2, 0.25) is 5.91 Å². The Labute approximate surface area is 96.0 Å². The Hall–Kier alpha value is -0.0500. The van der Waals surface area contributed by atoms with Crippen LogP contribution in [0.2, 0.25) is 0 Å². The third-order valence-electron chi connectivity index (χ3n) is 2.79. The quantitative estimate of drug-likeness (QED) is 0.760. The van der Waals surface area contributed by atoms with Gasteiger partial charge in [-0.3, -0.25) is 4.79 Å². The second kappa shape index (κ2) is 5.74. The van der Waals surface area contributed by atoms with Gasteiger partial charge in [0.05, 0.1) is 0 Å². The molecule has 0 rings (SSSR count). The molecule has 0 aliphatic rings. The van der Waals surface area contributed by atoms with Gasteiger partial charge in [0.15, 0.2) is 0 Å². The highest BCUT2D eigenvalue weighted by Crippen LogP contribution is 2.20. The Morgan fingerprint density at radius 2 is 1.93 bits per heavy atom. The Morgan fingerprint density at radius 3 is 2.21 bits per heavy atom. The van der Waals surface area contributed by atoms with E-state index in [1.165, 1.54) is 0 Å². The van der Waals surface area contributed by atoms with Crippen LogP contribution in [-0.4, -0.2) is 17.3 Å². The number of nitrogens with one attached hydrogen (secondary N) is 1. The van der Waals surface area contributed by atoms with E-state index in [1.54, 1.807) is 0 Å². The smallest absolute Gasteiger partial charge is 0.225 e. The Morgan fingerprint density at radius 1 is 1.43 bits per heavy atom. The number of hydrogen-bond donors (Lipinski definition) is 1. The van der Waals surface area contributed by atoms with Crippen LogP contribution in [0.4, 0.5) is 0 Å². The van der Waals surface area contributed by atoms with Crippen molar-refractivity contribution in [3.63, 3.8) is 0 Å². The highest BCUT2D eigenvalue weighted by atomic mass is 79.9. The van der Waals surface area contributed by atoms with Gasteiger partial charge in [-0.2, -0.15) is 0 Å². The van der Waals surface area contributed by atoms with E-state index in [4.69, 9.17) is 0 Å². The summed E-state index contributed by atoms with van der Waals surface area (Å²) < 4.78 is 0. The highest BCUT2D eigenvalue weighted by Gasteiger charge is 2.27. The van der Waals surface area contributed by atoms with Gasteiger partial charge >= 0.3 is 0 Å². The van der Waals surface area contributed by atoms with Gasteiger partial charge in [-0.25, -0.2) is 0 Å². The minimum atomic E-state index is -0.255. The molecule has 0 spiro atoms. The van der Waals surface area contributed by atoms with Crippen molar-refractivity contribution in [3.05, 3.63) is 0 Å². The van der Waals surface area contributed by atoms with Gasteiger partial charge in [-0.05, 0) is 12.3 Å². The summed E-state index contributed by atoms with van der Waals surface area (Å²) >= 11 is 3.42. The first-order chi connectivity index (χ1) is 6.35. The summed E-state index contributed by atoms with van der Waals surface area (Å²) in [6.07, 6.45) is 0.867. The predicted molar refractivity (Wildman–Crippen MR) is 64.6 cm³/mol. The number of alkyl halides is 1. The highest BCUT2D eigenvalue weighted by molar-refractivity contribution is 9.09. The van der Waals surface area contributed by atoms with Gasteiger partial charge in [0, 0.05) is 16.8 Å². The number of rotatable bonds is 5. The van der Waals surface area contributed by atoms with Crippen molar-refractivity contribution >= 4 is 21.8 Å². The van der Waals surface area contributed by atoms with Gasteiger partial charge in [0.25, 0.3) is 0 Å². The molecule has 0 aromatic carbocycles. The molecule has 0 bridgehead atoms. The summed E-state index contributed by atoms with van der Waals surface area (Å²) in [4.78, 5) is 11.8. The van der Waals surface area contributed by atoms with Crippen LogP contribution >= 0.6 is 15.9 Å². The maximum Gasteiger partial charge on any atom is 0.225 e. The molecule has 84 valence electrons. The van der Waals surface area contributed by atoms with E-state index in [-0.39, 0.29) is 17.4 Å². The zero-order valence-corrected chi connectivity index (χ0v) is 11.4. The molecule has 1 amide bonds.